The van der Waals surface area contributed by atoms with Crippen molar-refractivity contribution in [2.45, 2.75) is 25.8 Å². The molecular weight excluding hydrogens is 454 g/mol. The van der Waals surface area contributed by atoms with Crippen LogP contribution in [0.15, 0.2) is 60.7 Å². The predicted molar refractivity (Wildman–Crippen MR) is 138 cm³/mol. The lowest BCUT2D eigenvalue weighted by Crippen LogP contribution is -2.36. The highest BCUT2D eigenvalue weighted by molar-refractivity contribution is 5.96. The van der Waals surface area contributed by atoms with E-state index in [0.29, 0.717) is 31.5 Å². The van der Waals surface area contributed by atoms with Crippen molar-refractivity contribution in [3.05, 3.63) is 82.9 Å². The fourth-order valence-corrected chi connectivity index (χ4v) is 4.94. The van der Waals surface area contributed by atoms with Gasteiger partial charge < -0.3 is 14.4 Å². The minimum Gasteiger partial charge on any atom is -0.497 e. The molecule has 0 saturated heterocycles. The number of methoxy groups -OCH3 is 2. The van der Waals surface area contributed by atoms with Crippen LogP contribution in [0.4, 0.5) is 0 Å². The molecule has 4 aromatic rings. The van der Waals surface area contributed by atoms with Gasteiger partial charge in [0.2, 0.25) is 0 Å². The summed E-state index contributed by atoms with van der Waals surface area (Å²) in [6.45, 7) is 1.20. The van der Waals surface area contributed by atoms with E-state index in [1.165, 1.54) is 12.7 Å². The molecule has 3 aromatic carbocycles. The molecule has 7 nitrogen and oxygen atoms in total. The van der Waals surface area contributed by atoms with E-state index in [1.54, 1.807) is 7.11 Å². The number of hydrogen-bond donors (Lipinski definition) is 0. The summed E-state index contributed by atoms with van der Waals surface area (Å²) in [5.41, 5.74) is 7.17. The van der Waals surface area contributed by atoms with Gasteiger partial charge in [-0.05, 0) is 65.9 Å². The van der Waals surface area contributed by atoms with Gasteiger partial charge in [0.25, 0.3) is 5.91 Å². The van der Waals surface area contributed by atoms with Crippen LogP contribution in [0.3, 0.4) is 0 Å². The number of carbonyl (C=O) groups is 2. The van der Waals surface area contributed by atoms with Gasteiger partial charge in [-0.1, -0.05) is 24.3 Å². The fraction of sp³-hybridized carbons (Fsp3) is 0.276. The number of amides is 1. The number of rotatable bonds is 6. The summed E-state index contributed by atoms with van der Waals surface area (Å²) in [5, 5.41) is 5.93. The molecule has 1 aliphatic rings. The Morgan fingerprint density at radius 1 is 1.03 bits per heavy atom. The molecule has 0 bridgehead atoms. The summed E-state index contributed by atoms with van der Waals surface area (Å²) in [5.74, 6) is 0.538. The molecule has 0 N–H and O–H groups in total. The SMILES string of the molecule is COC(=O)CCc1ccc2c(c1)c(-c1cccc3c1CCN(C(=O)c1ccc(OC)cc1)C3)nn2C. The predicted octanol–water partition coefficient (Wildman–Crippen LogP) is 4.55. The lowest BCUT2D eigenvalue weighted by molar-refractivity contribution is -0.140. The van der Waals surface area contributed by atoms with Gasteiger partial charge in [0, 0.05) is 43.1 Å². The van der Waals surface area contributed by atoms with Crippen molar-refractivity contribution in [2.24, 2.45) is 7.05 Å². The molecule has 2 heterocycles. The van der Waals surface area contributed by atoms with E-state index in [9.17, 15) is 9.59 Å². The van der Waals surface area contributed by atoms with E-state index in [4.69, 9.17) is 14.6 Å². The van der Waals surface area contributed by atoms with Gasteiger partial charge in [0.05, 0.1) is 19.7 Å². The largest absolute Gasteiger partial charge is 0.497 e. The van der Waals surface area contributed by atoms with Crippen molar-refractivity contribution in [3.63, 3.8) is 0 Å². The number of esters is 1. The van der Waals surface area contributed by atoms with E-state index in [0.717, 1.165) is 45.5 Å². The minimum absolute atomic E-state index is 0.0206. The van der Waals surface area contributed by atoms with Gasteiger partial charge in [0.15, 0.2) is 0 Å². The summed E-state index contributed by atoms with van der Waals surface area (Å²) in [6.07, 6.45) is 1.72. The Bertz CT molecular complexity index is 1440. The monoisotopic (exact) mass is 483 g/mol. The summed E-state index contributed by atoms with van der Waals surface area (Å²) in [7, 11) is 4.98. The number of aryl methyl sites for hydroxylation is 2. The highest BCUT2D eigenvalue weighted by atomic mass is 16.5. The molecule has 184 valence electrons. The molecule has 0 radical (unpaired) electrons. The first kappa shape index (κ1) is 23.6. The number of benzene rings is 3. The lowest BCUT2D eigenvalue weighted by atomic mass is 9.91. The lowest BCUT2D eigenvalue weighted by Gasteiger charge is -2.30. The Balaban J connectivity index is 1.45. The number of carbonyl (C=O) groups excluding carboxylic acids is 2. The smallest absolute Gasteiger partial charge is 0.305 e. The zero-order valence-electron chi connectivity index (χ0n) is 20.8. The Morgan fingerprint density at radius 2 is 1.83 bits per heavy atom. The van der Waals surface area contributed by atoms with Crippen LogP contribution in [0.5, 0.6) is 5.75 Å². The van der Waals surface area contributed by atoms with Crippen LogP contribution in [-0.4, -0.2) is 47.3 Å². The number of hydrogen-bond acceptors (Lipinski definition) is 5. The second kappa shape index (κ2) is 9.85. The normalized spacial score (nSPS) is 12.9. The van der Waals surface area contributed by atoms with Crippen molar-refractivity contribution < 1.29 is 19.1 Å². The summed E-state index contributed by atoms with van der Waals surface area (Å²) < 4.78 is 11.9. The quantitative estimate of drug-likeness (QED) is 0.376. The highest BCUT2D eigenvalue weighted by Crippen LogP contribution is 2.35. The van der Waals surface area contributed by atoms with E-state index in [-0.39, 0.29) is 11.9 Å². The van der Waals surface area contributed by atoms with Crippen LogP contribution >= 0.6 is 0 Å². The topological polar surface area (TPSA) is 73.7 Å². The Kier molecular flexibility index (Phi) is 6.46. The maximum atomic E-state index is 13.1. The third-order valence-electron chi connectivity index (χ3n) is 6.91. The van der Waals surface area contributed by atoms with Crippen LogP contribution in [-0.2, 0) is 36.0 Å². The van der Waals surface area contributed by atoms with E-state index in [1.807, 2.05) is 53.0 Å². The first-order valence-electron chi connectivity index (χ1n) is 12.1. The van der Waals surface area contributed by atoms with Crippen LogP contribution in [0.25, 0.3) is 22.2 Å². The highest BCUT2D eigenvalue weighted by Gasteiger charge is 2.25. The van der Waals surface area contributed by atoms with Crippen molar-refractivity contribution in [1.82, 2.24) is 14.7 Å². The standard InChI is InChI=1S/C29H29N3O4/c1-31-26-13-7-19(8-14-27(33)36-3)17-25(26)28(30-31)24-6-4-5-21-18-32(16-15-23(21)24)29(34)20-9-11-22(35-2)12-10-20/h4-7,9-13,17H,8,14-16,18H2,1-3H3. The molecule has 1 aliphatic heterocycles. The fourth-order valence-electron chi connectivity index (χ4n) is 4.94. The maximum absolute atomic E-state index is 13.1. The van der Waals surface area contributed by atoms with Gasteiger partial charge in [-0.2, -0.15) is 5.10 Å². The van der Waals surface area contributed by atoms with Crippen LogP contribution < -0.4 is 4.74 Å². The van der Waals surface area contributed by atoms with Crippen molar-refractivity contribution in [2.75, 3.05) is 20.8 Å². The first-order valence-corrected chi connectivity index (χ1v) is 12.1. The Morgan fingerprint density at radius 3 is 2.58 bits per heavy atom. The van der Waals surface area contributed by atoms with E-state index in [2.05, 4.69) is 24.3 Å². The van der Waals surface area contributed by atoms with E-state index >= 15 is 0 Å². The van der Waals surface area contributed by atoms with Crippen molar-refractivity contribution in [1.29, 1.82) is 0 Å². The average Bonchev–Trinajstić information content (AvgIpc) is 3.25. The molecule has 1 aromatic heterocycles. The van der Waals surface area contributed by atoms with Crippen LogP contribution in [0.1, 0.15) is 33.5 Å². The number of aromatic nitrogens is 2. The maximum Gasteiger partial charge on any atom is 0.305 e. The van der Waals surface area contributed by atoms with E-state index < -0.39 is 0 Å². The van der Waals surface area contributed by atoms with Gasteiger partial charge in [-0.15, -0.1) is 0 Å². The summed E-state index contributed by atoms with van der Waals surface area (Å²) in [6, 6.07) is 19.7. The molecule has 0 aliphatic carbocycles. The summed E-state index contributed by atoms with van der Waals surface area (Å²) in [4.78, 5) is 26.7. The van der Waals surface area contributed by atoms with Gasteiger partial charge >= 0.3 is 5.97 Å². The van der Waals surface area contributed by atoms with Crippen LogP contribution in [0, 0.1) is 0 Å². The number of fused-ring (bicyclic) bond motifs is 2. The zero-order valence-corrected chi connectivity index (χ0v) is 20.8. The molecule has 36 heavy (non-hydrogen) atoms. The molecule has 0 atom stereocenters. The molecule has 1 amide bonds. The molecule has 0 spiro atoms. The third-order valence-corrected chi connectivity index (χ3v) is 6.91. The second-order valence-corrected chi connectivity index (χ2v) is 9.05. The molecular formula is C29H29N3O4. The number of nitrogens with zero attached hydrogens (tertiary/aromatic N) is 3. The third kappa shape index (κ3) is 4.44. The minimum atomic E-state index is -0.215. The first-order chi connectivity index (χ1) is 17.5. The zero-order chi connectivity index (χ0) is 25.2. The van der Waals surface area contributed by atoms with Gasteiger partial charge in [0.1, 0.15) is 11.4 Å². The molecule has 0 saturated carbocycles. The Labute approximate surface area is 210 Å². The Hall–Kier alpha value is -4.13. The van der Waals surface area contributed by atoms with Crippen molar-refractivity contribution >= 4 is 22.8 Å². The molecule has 7 heteroatoms. The molecule has 0 fully saturated rings. The van der Waals surface area contributed by atoms with Crippen molar-refractivity contribution in [3.8, 4) is 17.0 Å². The van der Waals surface area contributed by atoms with Crippen LogP contribution in [0.2, 0.25) is 0 Å². The summed E-state index contributed by atoms with van der Waals surface area (Å²) >= 11 is 0. The van der Waals surface area contributed by atoms with Gasteiger partial charge in [-0.3, -0.25) is 14.3 Å². The number of ether oxygens (including phenoxy) is 2. The molecule has 0 unspecified atom stereocenters. The van der Waals surface area contributed by atoms with Gasteiger partial charge in [-0.25, -0.2) is 0 Å². The average molecular weight is 484 g/mol. The molecule has 5 rings (SSSR count). The second-order valence-electron chi connectivity index (χ2n) is 9.05.